The molecule has 1 aromatic heterocycles. The first-order valence-corrected chi connectivity index (χ1v) is 11.7. The average molecular weight is 445 g/mol. The number of nitriles is 1. The number of anilines is 1. The van der Waals surface area contributed by atoms with Gasteiger partial charge in [-0.15, -0.1) is 0 Å². The zero-order valence-corrected chi connectivity index (χ0v) is 18.9. The van der Waals surface area contributed by atoms with E-state index >= 15 is 0 Å². The first-order valence-electron chi connectivity index (χ1n) is 11.7. The lowest BCUT2D eigenvalue weighted by atomic mass is 10.0. The summed E-state index contributed by atoms with van der Waals surface area (Å²) in [5.74, 6) is -0.283. The summed E-state index contributed by atoms with van der Waals surface area (Å²) in [4.78, 5) is 18.1. The van der Waals surface area contributed by atoms with E-state index in [1.54, 1.807) is 0 Å². The van der Waals surface area contributed by atoms with Crippen molar-refractivity contribution in [3.05, 3.63) is 46.5 Å². The van der Waals surface area contributed by atoms with E-state index < -0.39 is 5.97 Å². The van der Waals surface area contributed by atoms with Gasteiger partial charge >= 0.3 is 5.97 Å². The summed E-state index contributed by atoms with van der Waals surface area (Å²) in [5, 5.41) is 22.2. The van der Waals surface area contributed by atoms with E-state index in [4.69, 9.17) is 14.5 Å². The third-order valence-corrected chi connectivity index (χ3v) is 6.96. The summed E-state index contributed by atoms with van der Waals surface area (Å²) in [7, 11) is 0. The van der Waals surface area contributed by atoms with E-state index in [9.17, 15) is 10.1 Å². The molecule has 0 spiro atoms. The van der Waals surface area contributed by atoms with Crippen molar-refractivity contribution in [3.8, 4) is 17.5 Å². The molecule has 7 heteroatoms. The van der Waals surface area contributed by atoms with Crippen LogP contribution in [0.5, 0.6) is 0 Å². The number of fused-ring (bicyclic) bond motifs is 2. The SMILES string of the molecule is Cc1c(-c2nc3cc4c(c(C#N)c3o2)CCC4NCCC(=O)O)cccc1N1CCCCC1. The van der Waals surface area contributed by atoms with Gasteiger partial charge in [-0.2, -0.15) is 5.26 Å². The molecule has 0 radical (unpaired) electrons. The molecule has 2 N–H and O–H groups in total. The van der Waals surface area contributed by atoms with Crippen LogP contribution in [0.25, 0.3) is 22.6 Å². The summed E-state index contributed by atoms with van der Waals surface area (Å²) in [6, 6.07) is 10.6. The maximum atomic E-state index is 10.9. The predicted molar refractivity (Wildman–Crippen MR) is 126 cm³/mol. The number of carbonyl (C=O) groups is 1. The number of aliphatic carboxylic acids is 1. The third kappa shape index (κ3) is 3.96. The van der Waals surface area contributed by atoms with E-state index in [1.807, 2.05) is 12.1 Å². The smallest absolute Gasteiger partial charge is 0.304 e. The fourth-order valence-corrected chi connectivity index (χ4v) is 5.28. The van der Waals surface area contributed by atoms with Gasteiger partial charge in [-0.3, -0.25) is 4.79 Å². The number of nitrogens with one attached hydrogen (secondary N) is 1. The molecule has 0 saturated carbocycles. The number of benzene rings is 2. The molecule has 1 atom stereocenters. The second-order valence-electron chi connectivity index (χ2n) is 8.98. The van der Waals surface area contributed by atoms with Crippen molar-refractivity contribution in [2.45, 2.75) is 51.5 Å². The van der Waals surface area contributed by atoms with Crippen LogP contribution in [0.15, 0.2) is 28.7 Å². The highest BCUT2D eigenvalue weighted by Crippen LogP contribution is 2.40. The molecule has 7 nitrogen and oxygen atoms in total. The topological polar surface area (TPSA) is 102 Å². The molecule has 1 aliphatic carbocycles. The van der Waals surface area contributed by atoms with Crippen LogP contribution in [0, 0.1) is 18.3 Å². The lowest BCUT2D eigenvalue weighted by Crippen LogP contribution is -2.30. The maximum absolute atomic E-state index is 10.9. The summed E-state index contributed by atoms with van der Waals surface area (Å²) >= 11 is 0. The highest BCUT2D eigenvalue weighted by molar-refractivity contribution is 5.85. The molecule has 3 aromatic rings. The number of rotatable bonds is 6. The summed E-state index contributed by atoms with van der Waals surface area (Å²) in [5.41, 5.74) is 7.10. The highest BCUT2D eigenvalue weighted by Gasteiger charge is 2.29. The minimum atomic E-state index is -0.822. The molecule has 1 saturated heterocycles. The highest BCUT2D eigenvalue weighted by atomic mass is 16.4. The van der Waals surface area contributed by atoms with Gasteiger partial charge in [-0.25, -0.2) is 4.98 Å². The number of carboxylic acids is 1. The molecule has 1 unspecified atom stereocenters. The number of nitrogens with zero attached hydrogens (tertiary/aromatic N) is 3. The van der Waals surface area contributed by atoms with Gasteiger partial charge in [-0.1, -0.05) is 6.07 Å². The van der Waals surface area contributed by atoms with Crippen molar-refractivity contribution >= 4 is 22.8 Å². The monoisotopic (exact) mass is 444 g/mol. The summed E-state index contributed by atoms with van der Waals surface area (Å²) < 4.78 is 6.22. The van der Waals surface area contributed by atoms with Crippen molar-refractivity contribution in [3.63, 3.8) is 0 Å². The number of hydrogen-bond donors (Lipinski definition) is 2. The Kier molecular flexibility index (Phi) is 5.77. The lowest BCUT2D eigenvalue weighted by Gasteiger charge is -2.30. The molecule has 0 amide bonds. The molecular weight excluding hydrogens is 416 g/mol. The van der Waals surface area contributed by atoms with Crippen molar-refractivity contribution in [2.75, 3.05) is 24.5 Å². The number of aromatic nitrogens is 1. The molecule has 170 valence electrons. The van der Waals surface area contributed by atoms with E-state index in [-0.39, 0.29) is 12.5 Å². The van der Waals surface area contributed by atoms with Gasteiger partial charge in [0, 0.05) is 36.9 Å². The second kappa shape index (κ2) is 8.87. The van der Waals surface area contributed by atoms with Gasteiger partial charge < -0.3 is 19.7 Å². The van der Waals surface area contributed by atoms with E-state index in [2.05, 4.69) is 35.3 Å². The first kappa shape index (κ1) is 21.5. The molecular formula is C26H28N4O3. The van der Waals surface area contributed by atoms with Crippen molar-refractivity contribution in [1.82, 2.24) is 10.3 Å². The number of hydrogen-bond acceptors (Lipinski definition) is 6. The van der Waals surface area contributed by atoms with Crippen LogP contribution in [0.1, 0.15) is 60.4 Å². The maximum Gasteiger partial charge on any atom is 0.304 e. The molecule has 2 aromatic carbocycles. The Bertz CT molecular complexity index is 1250. The molecule has 0 bridgehead atoms. The quantitative estimate of drug-likeness (QED) is 0.567. The largest absolute Gasteiger partial charge is 0.481 e. The number of carboxylic acid groups (broad SMARTS) is 1. The number of piperidine rings is 1. The molecule has 2 heterocycles. The van der Waals surface area contributed by atoms with Gasteiger partial charge in [0.1, 0.15) is 17.1 Å². The normalized spacial score (nSPS) is 17.8. The van der Waals surface area contributed by atoms with Crippen LogP contribution in [0.4, 0.5) is 5.69 Å². The van der Waals surface area contributed by atoms with Gasteiger partial charge in [0.05, 0.1) is 6.42 Å². The summed E-state index contributed by atoms with van der Waals surface area (Å²) in [6.07, 6.45) is 5.38. The van der Waals surface area contributed by atoms with E-state index in [0.29, 0.717) is 29.1 Å². The van der Waals surface area contributed by atoms with Crippen LogP contribution in [0.3, 0.4) is 0 Å². The Morgan fingerprint density at radius 2 is 2.15 bits per heavy atom. The van der Waals surface area contributed by atoms with Gasteiger partial charge in [0.2, 0.25) is 5.89 Å². The first-order chi connectivity index (χ1) is 16.1. The van der Waals surface area contributed by atoms with Crippen LogP contribution in [-0.4, -0.2) is 35.7 Å². The van der Waals surface area contributed by atoms with Gasteiger partial charge in [0.25, 0.3) is 0 Å². The third-order valence-electron chi connectivity index (χ3n) is 6.96. The van der Waals surface area contributed by atoms with Gasteiger partial charge in [0.15, 0.2) is 5.58 Å². The Morgan fingerprint density at radius 3 is 2.91 bits per heavy atom. The minimum absolute atomic E-state index is 0.0279. The fraction of sp³-hybridized carbons (Fsp3) is 0.423. The average Bonchev–Trinajstić information content (AvgIpc) is 3.42. The van der Waals surface area contributed by atoms with E-state index in [0.717, 1.165) is 48.2 Å². The fourth-order valence-electron chi connectivity index (χ4n) is 5.28. The van der Waals surface area contributed by atoms with Crippen molar-refractivity contribution in [1.29, 1.82) is 5.26 Å². The Labute approximate surface area is 193 Å². The Hall–Kier alpha value is -3.37. The Balaban J connectivity index is 1.52. The predicted octanol–water partition coefficient (Wildman–Crippen LogP) is 4.72. The van der Waals surface area contributed by atoms with Crippen molar-refractivity contribution in [2.24, 2.45) is 0 Å². The van der Waals surface area contributed by atoms with Gasteiger partial charge in [-0.05, 0) is 73.9 Å². The zero-order valence-electron chi connectivity index (χ0n) is 18.9. The van der Waals surface area contributed by atoms with Crippen LogP contribution >= 0.6 is 0 Å². The summed E-state index contributed by atoms with van der Waals surface area (Å²) in [6.45, 7) is 4.65. The molecule has 5 rings (SSSR count). The zero-order chi connectivity index (χ0) is 22.9. The van der Waals surface area contributed by atoms with Crippen LogP contribution < -0.4 is 10.2 Å². The Morgan fingerprint density at radius 1 is 1.33 bits per heavy atom. The molecule has 1 aliphatic heterocycles. The number of oxazole rings is 1. The standard InChI is InChI=1S/C26H28N4O3/c1-16-17(6-5-7-23(16)30-12-3-2-4-13-30)26-29-22-14-19-18(20(15-27)25(22)33-26)8-9-21(19)28-11-10-24(31)32/h5-7,14,21,28H,2-4,8-13H2,1H3,(H,31,32). The minimum Gasteiger partial charge on any atom is -0.481 e. The van der Waals surface area contributed by atoms with Crippen molar-refractivity contribution < 1.29 is 14.3 Å². The lowest BCUT2D eigenvalue weighted by molar-refractivity contribution is -0.136. The second-order valence-corrected chi connectivity index (χ2v) is 8.98. The van der Waals surface area contributed by atoms with E-state index in [1.165, 1.54) is 24.9 Å². The molecule has 33 heavy (non-hydrogen) atoms. The van der Waals surface area contributed by atoms with Crippen LogP contribution in [-0.2, 0) is 11.2 Å². The molecule has 1 fully saturated rings. The van der Waals surface area contributed by atoms with Crippen LogP contribution in [0.2, 0.25) is 0 Å². The molecule has 2 aliphatic rings.